The minimum absolute atomic E-state index is 0.266. The lowest BCUT2D eigenvalue weighted by Crippen LogP contribution is -2.32. The third-order valence-electron chi connectivity index (χ3n) is 3.06. The van der Waals surface area contributed by atoms with Gasteiger partial charge in [0.05, 0.1) is 11.9 Å². The van der Waals surface area contributed by atoms with Crippen molar-refractivity contribution in [1.82, 2.24) is 15.0 Å². The second kappa shape index (κ2) is 6.11. The van der Waals surface area contributed by atoms with Crippen LogP contribution in [-0.2, 0) is 6.54 Å². The van der Waals surface area contributed by atoms with Crippen LogP contribution in [-0.4, -0.2) is 42.1 Å². The number of rotatable bonds is 4. The fourth-order valence-electron chi connectivity index (χ4n) is 2.14. The number of aliphatic hydroxyl groups is 1. The van der Waals surface area contributed by atoms with Crippen LogP contribution in [0.3, 0.4) is 0 Å². The molecule has 3 unspecified atom stereocenters. The Morgan fingerprint density at radius 3 is 2.94 bits per heavy atom. The molecule has 1 fully saturated rings. The molecule has 2 heterocycles. The molecule has 1 aromatic rings. The topological polar surface area (TPSA) is 50.9 Å². The van der Waals surface area contributed by atoms with Crippen molar-refractivity contribution in [2.75, 3.05) is 11.5 Å². The van der Waals surface area contributed by atoms with Crippen molar-refractivity contribution in [1.29, 1.82) is 0 Å². The lowest BCUT2D eigenvalue weighted by atomic mass is 10.1. The monoisotopic (exact) mass is 273 g/mol. The molecule has 0 spiro atoms. The zero-order valence-electron chi connectivity index (χ0n) is 10.2. The van der Waals surface area contributed by atoms with Gasteiger partial charge in [0.2, 0.25) is 0 Å². The number of nitrogens with zero attached hydrogens (tertiary/aromatic N) is 3. The van der Waals surface area contributed by atoms with E-state index in [0.29, 0.717) is 5.25 Å². The normalized spacial score (nSPS) is 27.0. The Morgan fingerprint density at radius 2 is 2.24 bits per heavy atom. The Morgan fingerprint density at radius 1 is 1.47 bits per heavy atom. The largest absolute Gasteiger partial charge is 0.386 e. The molecule has 1 aliphatic rings. The average Bonchev–Trinajstić information content (AvgIpc) is 2.86. The van der Waals surface area contributed by atoms with Gasteiger partial charge in [-0.1, -0.05) is 12.1 Å². The second-order valence-corrected chi connectivity index (χ2v) is 6.71. The summed E-state index contributed by atoms with van der Waals surface area (Å²) in [5.41, 5.74) is 0.853. The third-order valence-corrected chi connectivity index (χ3v) is 6.39. The van der Waals surface area contributed by atoms with Gasteiger partial charge < -0.3 is 5.11 Å². The first kappa shape index (κ1) is 13.2. The van der Waals surface area contributed by atoms with E-state index in [1.807, 2.05) is 30.4 Å². The van der Waals surface area contributed by atoms with Crippen molar-refractivity contribution in [3.05, 3.63) is 11.9 Å². The van der Waals surface area contributed by atoms with Crippen LogP contribution in [0.4, 0.5) is 0 Å². The molecule has 3 atom stereocenters. The van der Waals surface area contributed by atoms with E-state index >= 15 is 0 Å². The maximum Gasteiger partial charge on any atom is 0.110 e. The van der Waals surface area contributed by atoms with Gasteiger partial charge in [0.25, 0.3) is 0 Å². The molecular weight excluding hydrogens is 254 g/mol. The van der Waals surface area contributed by atoms with Gasteiger partial charge in [-0.2, -0.15) is 23.5 Å². The molecule has 0 saturated carbocycles. The van der Waals surface area contributed by atoms with Crippen LogP contribution in [0.1, 0.15) is 32.1 Å². The summed E-state index contributed by atoms with van der Waals surface area (Å²) in [6.45, 7) is 4.97. The lowest BCUT2D eigenvalue weighted by molar-refractivity contribution is 0.161. The van der Waals surface area contributed by atoms with E-state index in [1.165, 1.54) is 5.75 Å². The van der Waals surface area contributed by atoms with Gasteiger partial charge in [0.1, 0.15) is 6.10 Å². The van der Waals surface area contributed by atoms with Crippen LogP contribution in [0, 0.1) is 0 Å². The molecule has 1 aliphatic heterocycles. The van der Waals surface area contributed by atoms with E-state index < -0.39 is 6.10 Å². The van der Waals surface area contributed by atoms with E-state index in [2.05, 4.69) is 17.2 Å². The quantitative estimate of drug-likeness (QED) is 0.909. The van der Waals surface area contributed by atoms with E-state index in [4.69, 9.17) is 0 Å². The Bertz CT molecular complexity index is 358. The summed E-state index contributed by atoms with van der Waals surface area (Å²) in [4.78, 5) is 0. The molecule has 1 saturated heterocycles. The Hall–Kier alpha value is -0.200. The molecule has 17 heavy (non-hydrogen) atoms. The van der Waals surface area contributed by atoms with E-state index in [1.54, 1.807) is 10.9 Å². The van der Waals surface area contributed by atoms with Crippen molar-refractivity contribution in [3.8, 4) is 0 Å². The van der Waals surface area contributed by atoms with Crippen molar-refractivity contribution in [2.24, 2.45) is 0 Å². The van der Waals surface area contributed by atoms with Crippen LogP contribution in [0.5, 0.6) is 0 Å². The molecule has 2 rings (SSSR count). The molecule has 0 aliphatic carbocycles. The van der Waals surface area contributed by atoms with Crippen molar-refractivity contribution in [3.63, 3.8) is 0 Å². The third kappa shape index (κ3) is 2.80. The Labute approximate surface area is 111 Å². The molecule has 1 aromatic heterocycles. The van der Waals surface area contributed by atoms with Crippen LogP contribution in [0.2, 0.25) is 0 Å². The minimum Gasteiger partial charge on any atom is -0.386 e. The molecule has 4 nitrogen and oxygen atoms in total. The molecule has 0 bridgehead atoms. The Kier molecular flexibility index (Phi) is 4.76. The maximum absolute atomic E-state index is 10.5. The van der Waals surface area contributed by atoms with Gasteiger partial charge in [-0.15, -0.1) is 5.10 Å². The summed E-state index contributed by atoms with van der Waals surface area (Å²) in [5, 5.41) is 19.2. The van der Waals surface area contributed by atoms with Gasteiger partial charge in [0.15, 0.2) is 0 Å². The number of thioether (sulfide) groups is 2. The zero-order chi connectivity index (χ0) is 12.3. The van der Waals surface area contributed by atoms with Gasteiger partial charge >= 0.3 is 0 Å². The number of hydrogen-bond donors (Lipinski definition) is 1. The minimum atomic E-state index is -0.451. The summed E-state index contributed by atoms with van der Waals surface area (Å²) in [7, 11) is 0. The molecule has 0 radical (unpaired) electrons. The fraction of sp³-hybridized carbons (Fsp3) is 0.818. The first-order valence-electron chi connectivity index (χ1n) is 6.07. The highest BCUT2D eigenvalue weighted by atomic mass is 32.2. The highest BCUT2D eigenvalue weighted by molar-refractivity contribution is 8.07. The van der Waals surface area contributed by atoms with Gasteiger partial charge in [-0.3, -0.25) is 0 Å². The number of aromatic nitrogens is 3. The smallest absolute Gasteiger partial charge is 0.110 e. The highest BCUT2D eigenvalue weighted by Crippen LogP contribution is 2.39. The van der Waals surface area contributed by atoms with Gasteiger partial charge in [-0.05, 0) is 13.3 Å². The standard InChI is InChI=1S/C11H19N3OS2/c1-3-9-11(17-6-5-16-9)10(15)8-7-12-13-14(8)4-2/h7,9-11,15H,3-6H2,1-2H3. The number of aliphatic hydroxyl groups excluding tert-OH is 1. The highest BCUT2D eigenvalue weighted by Gasteiger charge is 2.33. The summed E-state index contributed by atoms with van der Waals surface area (Å²) in [6, 6.07) is 0. The molecule has 0 aromatic carbocycles. The van der Waals surface area contributed by atoms with Crippen molar-refractivity contribution < 1.29 is 5.11 Å². The fourth-order valence-corrected chi connectivity index (χ4v) is 5.26. The van der Waals surface area contributed by atoms with E-state index in [9.17, 15) is 5.11 Å². The molecule has 6 heteroatoms. The molecular formula is C11H19N3OS2. The maximum atomic E-state index is 10.5. The Balaban J connectivity index is 2.15. The summed E-state index contributed by atoms with van der Waals surface area (Å²) in [6.07, 6.45) is 2.35. The summed E-state index contributed by atoms with van der Waals surface area (Å²) in [5.74, 6) is 2.31. The average molecular weight is 273 g/mol. The molecule has 96 valence electrons. The van der Waals surface area contributed by atoms with Crippen LogP contribution in [0.15, 0.2) is 6.20 Å². The summed E-state index contributed by atoms with van der Waals surface area (Å²) >= 11 is 3.86. The lowest BCUT2D eigenvalue weighted by Gasteiger charge is -2.33. The summed E-state index contributed by atoms with van der Waals surface area (Å²) < 4.78 is 1.79. The first-order chi connectivity index (χ1) is 8.27. The zero-order valence-corrected chi connectivity index (χ0v) is 11.9. The SMILES string of the molecule is CCC1SCCSC1C(O)c1cnnn1CC. The first-order valence-corrected chi connectivity index (χ1v) is 8.17. The van der Waals surface area contributed by atoms with Crippen LogP contribution < -0.4 is 0 Å². The number of hydrogen-bond acceptors (Lipinski definition) is 5. The van der Waals surface area contributed by atoms with Gasteiger partial charge in [-0.25, -0.2) is 4.68 Å². The van der Waals surface area contributed by atoms with Gasteiger partial charge in [0, 0.05) is 28.6 Å². The van der Waals surface area contributed by atoms with Crippen molar-refractivity contribution >= 4 is 23.5 Å². The predicted octanol–water partition coefficient (Wildman–Crippen LogP) is 1.96. The predicted molar refractivity (Wildman–Crippen MR) is 73.4 cm³/mol. The molecule has 1 N–H and O–H groups in total. The van der Waals surface area contributed by atoms with Crippen LogP contribution in [0.25, 0.3) is 0 Å². The number of aryl methyl sites for hydroxylation is 1. The van der Waals surface area contributed by atoms with E-state index in [0.717, 1.165) is 24.4 Å². The van der Waals surface area contributed by atoms with Crippen molar-refractivity contribution in [2.45, 2.75) is 43.4 Å². The molecule has 0 amide bonds. The second-order valence-electron chi connectivity index (χ2n) is 4.07. The van der Waals surface area contributed by atoms with Crippen LogP contribution >= 0.6 is 23.5 Å². The van der Waals surface area contributed by atoms with E-state index in [-0.39, 0.29) is 5.25 Å².